The van der Waals surface area contributed by atoms with E-state index in [0.29, 0.717) is 6.42 Å². The fourth-order valence-corrected chi connectivity index (χ4v) is 2.69. The van der Waals surface area contributed by atoms with Gasteiger partial charge in [-0.05, 0) is 30.7 Å². The molecule has 3 heteroatoms. The van der Waals surface area contributed by atoms with Crippen LogP contribution in [0.1, 0.15) is 24.1 Å². The molecule has 2 unspecified atom stereocenters. The first-order chi connectivity index (χ1) is 5.71. The van der Waals surface area contributed by atoms with E-state index >= 15 is 0 Å². The predicted octanol–water partition coefficient (Wildman–Crippen LogP) is 1.45. The van der Waals surface area contributed by atoms with Crippen molar-refractivity contribution in [2.24, 2.45) is 5.73 Å². The highest BCUT2D eigenvalue weighted by Gasteiger charge is 2.37. The van der Waals surface area contributed by atoms with Crippen LogP contribution in [0.4, 0.5) is 0 Å². The summed E-state index contributed by atoms with van der Waals surface area (Å²) in [5.74, 6) is 0. The number of hydrogen-bond acceptors (Lipinski definition) is 3. The van der Waals surface area contributed by atoms with Crippen LogP contribution in [0.5, 0.6) is 0 Å². The zero-order chi connectivity index (χ0) is 8.60. The molecule has 0 aliphatic heterocycles. The van der Waals surface area contributed by atoms with Crippen molar-refractivity contribution >= 4 is 11.3 Å². The van der Waals surface area contributed by atoms with E-state index in [-0.39, 0.29) is 6.04 Å². The maximum atomic E-state index is 10.2. The highest BCUT2D eigenvalue weighted by Crippen LogP contribution is 2.39. The van der Waals surface area contributed by atoms with Crippen molar-refractivity contribution in [2.45, 2.75) is 30.9 Å². The molecule has 1 aromatic heterocycles. The molecule has 0 saturated heterocycles. The van der Waals surface area contributed by atoms with Crippen molar-refractivity contribution in [1.82, 2.24) is 0 Å². The quantitative estimate of drug-likeness (QED) is 0.692. The van der Waals surface area contributed by atoms with E-state index in [1.165, 1.54) is 0 Å². The molecule has 2 rings (SSSR count). The van der Waals surface area contributed by atoms with Crippen LogP contribution >= 0.6 is 11.3 Å². The Morgan fingerprint density at radius 2 is 2.50 bits per heavy atom. The fraction of sp³-hybridized carbons (Fsp3) is 0.556. The first-order valence-corrected chi connectivity index (χ1v) is 5.11. The lowest BCUT2D eigenvalue weighted by Crippen LogP contribution is -2.24. The minimum absolute atomic E-state index is 0.178. The van der Waals surface area contributed by atoms with Crippen LogP contribution in [0, 0.1) is 0 Å². The average Bonchev–Trinajstić information content (AvgIpc) is 2.59. The molecule has 12 heavy (non-hydrogen) atoms. The molecular weight excluding hydrogens is 170 g/mol. The van der Waals surface area contributed by atoms with E-state index in [1.54, 1.807) is 11.3 Å². The first kappa shape index (κ1) is 8.23. The van der Waals surface area contributed by atoms with Crippen LogP contribution in [0.15, 0.2) is 17.5 Å². The molecule has 3 N–H and O–H groups in total. The number of nitrogens with two attached hydrogens (primary N) is 1. The van der Waals surface area contributed by atoms with E-state index in [2.05, 4.69) is 0 Å². The van der Waals surface area contributed by atoms with Crippen LogP contribution in [0.2, 0.25) is 0 Å². The van der Waals surface area contributed by atoms with Crippen LogP contribution < -0.4 is 5.73 Å². The molecule has 1 fully saturated rings. The molecule has 1 saturated carbocycles. The lowest BCUT2D eigenvalue weighted by atomic mass is 10.0. The number of aliphatic hydroxyl groups is 1. The summed E-state index contributed by atoms with van der Waals surface area (Å²) < 4.78 is 0. The van der Waals surface area contributed by atoms with Gasteiger partial charge in [0, 0.05) is 10.9 Å². The van der Waals surface area contributed by atoms with Gasteiger partial charge in [0.05, 0.1) is 0 Å². The Hall–Kier alpha value is -0.380. The van der Waals surface area contributed by atoms with E-state index in [4.69, 9.17) is 5.73 Å². The Kier molecular flexibility index (Phi) is 1.94. The zero-order valence-electron chi connectivity index (χ0n) is 6.86. The third kappa shape index (κ3) is 1.28. The second-order valence-corrected chi connectivity index (χ2v) is 4.46. The third-order valence-corrected chi connectivity index (χ3v) is 3.57. The van der Waals surface area contributed by atoms with Crippen LogP contribution in [-0.4, -0.2) is 11.1 Å². The van der Waals surface area contributed by atoms with Crippen LogP contribution in [0.25, 0.3) is 0 Å². The van der Waals surface area contributed by atoms with E-state index in [1.807, 2.05) is 17.5 Å². The SMILES string of the molecule is NC1CCC(O)(c2cccs2)C1. The molecule has 0 radical (unpaired) electrons. The van der Waals surface area contributed by atoms with E-state index < -0.39 is 5.60 Å². The predicted molar refractivity (Wildman–Crippen MR) is 50.0 cm³/mol. The van der Waals surface area contributed by atoms with Crippen molar-refractivity contribution in [2.75, 3.05) is 0 Å². The minimum Gasteiger partial charge on any atom is -0.384 e. The van der Waals surface area contributed by atoms with Gasteiger partial charge in [-0.25, -0.2) is 0 Å². The monoisotopic (exact) mass is 183 g/mol. The summed E-state index contributed by atoms with van der Waals surface area (Å²) in [5, 5.41) is 12.1. The zero-order valence-corrected chi connectivity index (χ0v) is 7.68. The Labute approximate surface area is 76.0 Å². The summed E-state index contributed by atoms with van der Waals surface area (Å²) >= 11 is 1.62. The molecule has 1 heterocycles. The summed E-state index contributed by atoms with van der Waals surface area (Å²) in [4.78, 5) is 1.07. The number of thiophene rings is 1. The smallest absolute Gasteiger partial charge is 0.100 e. The van der Waals surface area contributed by atoms with Gasteiger partial charge in [-0.2, -0.15) is 0 Å². The summed E-state index contributed by atoms with van der Waals surface area (Å²) in [6.45, 7) is 0. The molecule has 0 aromatic carbocycles. The lowest BCUT2D eigenvalue weighted by Gasteiger charge is -2.20. The number of hydrogen-bond donors (Lipinski definition) is 2. The van der Waals surface area contributed by atoms with E-state index in [0.717, 1.165) is 17.7 Å². The van der Waals surface area contributed by atoms with Gasteiger partial charge in [0.15, 0.2) is 0 Å². The largest absolute Gasteiger partial charge is 0.384 e. The molecule has 0 bridgehead atoms. The Morgan fingerprint density at radius 1 is 1.67 bits per heavy atom. The Balaban J connectivity index is 2.23. The van der Waals surface area contributed by atoms with Gasteiger partial charge < -0.3 is 10.8 Å². The lowest BCUT2D eigenvalue weighted by molar-refractivity contribution is 0.0469. The maximum Gasteiger partial charge on any atom is 0.100 e. The highest BCUT2D eigenvalue weighted by molar-refractivity contribution is 7.10. The average molecular weight is 183 g/mol. The molecule has 2 atom stereocenters. The van der Waals surface area contributed by atoms with Crippen molar-refractivity contribution in [1.29, 1.82) is 0 Å². The second kappa shape index (κ2) is 2.83. The van der Waals surface area contributed by atoms with Gasteiger partial charge in [-0.15, -0.1) is 11.3 Å². The summed E-state index contributed by atoms with van der Waals surface area (Å²) in [6.07, 6.45) is 2.47. The summed E-state index contributed by atoms with van der Waals surface area (Å²) in [6, 6.07) is 4.14. The second-order valence-electron chi connectivity index (χ2n) is 3.51. The molecule has 2 nitrogen and oxygen atoms in total. The first-order valence-electron chi connectivity index (χ1n) is 4.23. The van der Waals surface area contributed by atoms with Gasteiger partial charge in [-0.3, -0.25) is 0 Å². The molecular formula is C9H13NOS. The summed E-state index contributed by atoms with van der Waals surface area (Å²) in [5.41, 5.74) is 5.14. The van der Waals surface area contributed by atoms with Gasteiger partial charge in [0.1, 0.15) is 5.60 Å². The highest BCUT2D eigenvalue weighted by atomic mass is 32.1. The van der Waals surface area contributed by atoms with Crippen molar-refractivity contribution < 1.29 is 5.11 Å². The Morgan fingerprint density at radius 3 is 3.00 bits per heavy atom. The van der Waals surface area contributed by atoms with E-state index in [9.17, 15) is 5.11 Å². The number of rotatable bonds is 1. The van der Waals surface area contributed by atoms with Gasteiger partial charge in [-0.1, -0.05) is 6.07 Å². The van der Waals surface area contributed by atoms with Crippen LogP contribution in [0.3, 0.4) is 0 Å². The maximum absolute atomic E-state index is 10.2. The molecule has 1 aromatic rings. The Bertz CT molecular complexity index is 260. The molecule has 0 spiro atoms. The molecule has 1 aliphatic carbocycles. The molecule has 66 valence electrons. The third-order valence-electron chi connectivity index (χ3n) is 2.51. The minimum atomic E-state index is -0.617. The van der Waals surface area contributed by atoms with Gasteiger partial charge >= 0.3 is 0 Å². The van der Waals surface area contributed by atoms with Gasteiger partial charge in [0.25, 0.3) is 0 Å². The van der Waals surface area contributed by atoms with Crippen LogP contribution in [-0.2, 0) is 5.60 Å². The van der Waals surface area contributed by atoms with Crippen molar-refractivity contribution in [3.8, 4) is 0 Å². The fourth-order valence-electron chi connectivity index (χ4n) is 1.83. The molecule has 0 amide bonds. The van der Waals surface area contributed by atoms with Crippen molar-refractivity contribution in [3.63, 3.8) is 0 Å². The summed E-state index contributed by atoms with van der Waals surface area (Å²) in [7, 11) is 0. The topological polar surface area (TPSA) is 46.2 Å². The van der Waals surface area contributed by atoms with Gasteiger partial charge in [0.2, 0.25) is 0 Å². The normalized spacial score (nSPS) is 35.7. The standard InChI is InChI=1S/C9H13NOS/c10-7-3-4-9(11,6-7)8-2-1-5-12-8/h1-2,5,7,11H,3-4,6,10H2. The van der Waals surface area contributed by atoms with Crippen molar-refractivity contribution in [3.05, 3.63) is 22.4 Å². The molecule has 1 aliphatic rings.